The summed E-state index contributed by atoms with van der Waals surface area (Å²) >= 11 is 0. The summed E-state index contributed by atoms with van der Waals surface area (Å²) in [6.45, 7) is 1.88. The summed E-state index contributed by atoms with van der Waals surface area (Å²) < 4.78 is 28.1. The molecule has 0 unspecified atom stereocenters. The third-order valence-corrected chi connectivity index (χ3v) is 8.28. The number of amides is 1. The lowest BCUT2D eigenvalue weighted by Gasteiger charge is -2.07. The number of hydrogen-bond donors (Lipinski definition) is 1. The zero-order valence-corrected chi connectivity index (χ0v) is 20.1. The highest BCUT2D eigenvalue weighted by atomic mass is 32.2. The SMILES string of the molecule is Cc1cccc(-n2nc(C(=O)Nc3ccc(S(=O)(=O)C4CC4)cc3)cc2-c2ccc3ncnn3c2)n1. The fourth-order valence-corrected chi connectivity index (χ4v) is 5.64. The Kier molecular flexibility index (Phi) is 5.15. The molecule has 11 heteroatoms. The van der Waals surface area contributed by atoms with Gasteiger partial charge in [0.25, 0.3) is 5.91 Å². The number of carbonyl (C=O) groups is 1. The lowest BCUT2D eigenvalue weighted by Crippen LogP contribution is -2.14. The molecule has 1 aliphatic carbocycles. The fraction of sp³-hybridized carbons (Fsp3) is 0.160. The van der Waals surface area contributed by atoms with Crippen LogP contribution in [0.3, 0.4) is 0 Å². The molecule has 4 aromatic heterocycles. The van der Waals surface area contributed by atoms with Gasteiger partial charge >= 0.3 is 0 Å². The van der Waals surface area contributed by atoms with E-state index >= 15 is 0 Å². The Hall–Kier alpha value is -4.38. The number of aromatic nitrogens is 6. The quantitative estimate of drug-likeness (QED) is 0.379. The van der Waals surface area contributed by atoms with Crippen molar-refractivity contribution in [2.45, 2.75) is 29.9 Å². The zero-order chi connectivity index (χ0) is 24.9. The van der Waals surface area contributed by atoms with Gasteiger partial charge in [0.15, 0.2) is 27.0 Å². The second-order valence-corrected chi connectivity index (χ2v) is 10.9. The highest BCUT2D eigenvalue weighted by molar-refractivity contribution is 7.92. The number of pyridine rings is 2. The first-order chi connectivity index (χ1) is 17.4. The molecule has 1 fully saturated rings. The maximum atomic E-state index is 13.1. The van der Waals surface area contributed by atoms with Crippen molar-refractivity contribution in [1.29, 1.82) is 0 Å². The van der Waals surface area contributed by atoms with Gasteiger partial charge in [0.2, 0.25) is 0 Å². The number of fused-ring (bicyclic) bond motifs is 1. The van der Waals surface area contributed by atoms with Gasteiger partial charge in [0, 0.05) is 23.1 Å². The lowest BCUT2D eigenvalue weighted by atomic mass is 10.2. The molecule has 0 spiro atoms. The van der Waals surface area contributed by atoms with Crippen molar-refractivity contribution in [2.75, 3.05) is 5.32 Å². The molecule has 1 N–H and O–H groups in total. The van der Waals surface area contributed by atoms with Gasteiger partial charge in [0.05, 0.1) is 15.8 Å². The van der Waals surface area contributed by atoms with Gasteiger partial charge in [-0.2, -0.15) is 10.2 Å². The van der Waals surface area contributed by atoms with Crippen molar-refractivity contribution < 1.29 is 13.2 Å². The normalized spacial score (nSPS) is 13.7. The van der Waals surface area contributed by atoms with Crippen LogP contribution in [0.1, 0.15) is 29.0 Å². The topological polar surface area (TPSA) is 124 Å². The number of rotatable bonds is 6. The smallest absolute Gasteiger partial charge is 0.276 e. The standard InChI is InChI=1S/C25H21N7O3S/c1-16-3-2-4-24(28-16)32-22(17-5-12-23-26-15-27-31(23)14-17)13-21(30-32)25(33)29-18-6-8-19(9-7-18)36(34,35)20-10-11-20/h2-9,12-15,20H,10-11H2,1H3,(H,29,33). The molecule has 0 atom stereocenters. The molecule has 4 heterocycles. The Labute approximate surface area is 206 Å². The van der Waals surface area contributed by atoms with Gasteiger partial charge in [-0.1, -0.05) is 6.07 Å². The fourth-order valence-electron chi connectivity index (χ4n) is 3.98. The predicted octanol–water partition coefficient (Wildman–Crippen LogP) is 3.47. The summed E-state index contributed by atoms with van der Waals surface area (Å²) in [6, 6.07) is 17.2. The molecule has 180 valence electrons. The third kappa shape index (κ3) is 4.03. The Morgan fingerprint density at radius 3 is 2.61 bits per heavy atom. The molecule has 1 aromatic carbocycles. The molecule has 6 rings (SSSR count). The van der Waals surface area contributed by atoms with E-state index in [-0.39, 0.29) is 15.8 Å². The van der Waals surface area contributed by atoms with Gasteiger partial charge in [-0.15, -0.1) is 0 Å². The average Bonchev–Trinajstić information content (AvgIpc) is 3.48. The maximum Gasteiger partial charge on any atom is 0.276 e. The molecule has 1 saturated carbocycles. The number of nitrogens with zero attached hydrogens (tertiary/aromatic N) is 6. The Morgan fingerprint density at radius 1 is 1.06 bits per heavy atom. The number of aryl methyl sites for hydroxylation is 1. The first-order valence-corrected chi connectivity index (χ1v) is 12.9. The predicted molar refractivity (Wildman–Crippen MR) is 133 cm³/mol. The molecular formula is C25H21N7O3S. The van der Waals surface area contributed by atoms with Crippen LogP contribution < -0.4 is 5.32 Å². The van der Waals surface area contributed by atoms with Crippen LogP contribution in [0.5, 0.6) is 0 Å². The zero-order valence-electron chi connectivity index (χ0n) is 19.2. The van der Waals surface area contributed by atoms with E-state index in [1.54, 1.807) is 27.4 Å². The summed E-state index contributed by atoms with van der Waals surface area (Å²) in [5, 5.41) is 11.3. The number of carbonyl (C=O) groups excluding carboxylic acids is 1. The Morgan fingerprint density at radius 2 is 1.86 bits per heavy atom. The first kappa shape index (κ1) is 22.1. The molecule has 0 aliphatic heterocycles. The van der Waals surface area contributed by atoms with Crippen molar-refractivity contribution in [3.8, 4) is 17.1 Å². The average molecular weight is 500 g/mol. The van der Waals surface area contributed by atoms with E-state index in [4.69, 9.17) is 0 Å². The van der Waals surface area contributed by atoms with Gasteiger partial charge in [0.1, 0.15) is 6.33 Å². The number of hydrogen-bond acceptors (Lipinski definition) is 7. The highest BCUT2D eigenvalue weighted by Crippen LogP contribution is 2.33. The highest BCUT2D eigenvalue weighted by Gasteiger charge is 2.36. The van der Waals surface area contributed by atoms with Gasteiger partial charge in [-0.3, -0.25) is 4.79 Å². The van der Waals surface area contributed by atoms with E-state index in [1.807, 2.05) is 43.5 Å². The summed E-state index contributed by atoms with van der Waals surface area (Å²) in [5.41, 5.74) is 3.60. The van der Waals surface area contributed by atoms with Crippen molar-refractivity contribution in [3.05, 3.63) is 84.6 Å². The van der Waals surface area contributed by atoms with Crippen molar-refractivity contribution in [2.24, 2.45) is 0 Å². The van der Waals surface area contributed by atoms with Gasteiger partial charge in [-0.25, -0.2) is 27.6 Å². The molecule has 1 aliphatic rings. The molecule has 5 aromatic rings. The monoisotopic (exact) mass is 499 g/mol. The van der Waals surface area contributed by atoms with E-state index in [9.17, 15) is 13.2 Å². The largest absolute Gasteiger partial charge is 0.321 e. The van der Waals surface area contributed by atoms with E-state index < -0.39 is 15.7 Å². The molecule has 10 nitrogen and oxygen atoms in total. The molecular weight excluding hydrogens is 478 g/mol. The van der Waals surface area contributed by atoms with E-state index in [1.165, 1.54) is 18.5 Å². The molecule has 36 heavy (non-hydrogen) atoms. The van der Waals surface area contributed by atoms with Crippen molar-refractivity contribution in [1.82, 2.24) is 29.4 Å². The second kappa shape index (κ2) is 8.38. The number of nitrogens with one attached hydrogen (secondary N) is 1. The summed E-state index contributed by atoms with van der Waals surface area (Å²) in [6.07, 6.45) is 4.68. The van der Waals surface area contributed by atoms with Crippen LogP contribution in [0.4, 0.5) is 5.69 Å². The minimum absolute atomic E-state index is 0.182. The lowest BCUT2D eigenvalue weighted by molar-refractivity contribution is 0.102. The van der Waals surface area contributed by atoms with Gasteiger partial charge < -0.3 is 5.32 Å². The molecule has 0 radical (unpaired) electrons. The van der Waals surface area contributed by atoms with Crippen molar-refractivity contribution in [3.63, 3.8) is 0 Å². The minimum Gasteiger partial charge on any atom is -0.321 e. The Bertz CT molecular complexity index is 1720. The molecule has 0 bridgehead atoms. The second-order valence-electron chi connectivity index (χ2n) is 8.67. The van der Waals surface area contributed by atoms with Crippen LogP contribution in [0.2, 0.25) is 0 Å². The van der Waals surface area contributed by atoms with Crippen molar-refractivity contribution >= 4 is 27.1 Å². The van der Waals surface area contributed by atoms with E-state index in [0.29, 0.717) is 35.7 Å². The van der Waals surface area contributed by atoms with Crippen LogP contribution in [0, 0.1) is 6.92 Å². The number of sulfone groups is 1. The number of benzene rings is 1. The van der Waals surface area contributed by atoms with Crippen LogP contribution in [0.25, 0.3) is 22.7 Å². The number of anilines is 1. The van der Waals surface area contributed by atoms with Crippen LogP contribution >= 0.6 is 0 Å². The summed E-state index contributed by atoms with van der Waals surface area (Å²) in [5.74, 6) is 0.139. The third-order valence-electron chi connectivity index (χ3n) is 6.01. The Balaban J connectivity index is 1.34. The van der Waals surface area contributed by atoms with Crippen LogP contribution in [-0.2, 0) is 9.84 Å². The van der Waals surface area contributed by atoms with Gasteiger partial charge in [-0.05, 0) is 74.4 Å². The van der Waals surface area contributed by atoms with Crippen LogP contribution in [0.15, 0.2) is 78.1 Å². The minimum atomic E-state index is -3.29. The maximum absolute atomic E-state index is 13.1. The van der Waals surface area contributed by atoms with Crippen LogP contribution in [-0.4, -0.2) is 48.9 Å². The van der Waals surface area contributed by atoms with E-state index in [0.717, 1.165) is 11.3 Å². The molecule has 0 saturated heterocycles. The summed E-state index contributed by atoms with van der Waals surface area (Å²) in [4.78, 5) is 22.1. The van der Waals surface area contributed by atoms with E-state index in [2.05, 4.69) is 25.5 Å². The summed E-state index contributed by atoms with van der Waals surface area (Å²) in [7, 11) is -3.29. The first-order valence-electron chi connectivity index (χ1n) is 11.4. The molecule has 1 amide bonds.